The molecule has 0 fully saturated rings. The van der Waals surface area contributed by atoms with Crippen molar-refractivity contribution in [3.8, 4) is 0 Å². The first kappa shape index (κ1) is 17.7. The third kappa shape index (κ3) is 3.48. The van der Waals surface area contributed by atoms with Crippen molar-refractivity contribution < 1.29 is 13.5 Å². The highest BCUT2D eigenvalue weighted by Gasteiger charge is 2.27. The molecule has 7 heteroatoms. The third-order valence-corrected chi connectivity index (χ3v) is 5.75. The molecule has 0 saturated heterocycles. The average Bonchev–Trinajstić information content (AvgIpc) is 2.46. The molecule has 0 aliphatic carbocycles. The first-order valence-electron chi connectivity index (χ1n) is 6.94. The van der Waals surface area contributed by atoms with Gasteiger partial charge in [-0.25, -0.2) is 12.7 Å². The Morgan fingerprint density at radius 1 is 1.29 bits per heavy atom. The number of rotatable bonds is 7. The third-order valence-electron chi connectivity index (χ3n) is 3.88. The summed E-state index contributed by atoms with van der Waals surface area (Å²) >= 11 is 0. The lowest BCUT2D eigenvalue weighted by Crippen LogP contribution is -2.41. The minimum Gasteiger partial charge on any atom is -0.396 e. The first-order valence-corrected chi connectivity index (χ1v) is 8.38. The Morgan fingerprint density at radius 3 is 2.29 bits per heavy atom. The molecule has 1 rings (SSSR count). The van der Waals surface area contributed by atoms with E-state index in [1.807, 2.05) is 13.8 Å². The Labute approximate surface area is 127 Å². The molecule has 0 atom stereocenters. The molecule has 0 heterocycles. The molecule has 1 aromatic rings. The van der Waals surface area contributed by atoms with Crippen molar-refractivity contribution in [2.24, 2.45) is 0 Å². The summed E-state index contributed by atoms with van der Waals surface area (Å²) in [6.07, 6.45) is 1.40. The van der Waals surface area contributed by atoms with Gasteiger partial charge in [-0.15, -0.1) is 0 Å². The Balaban J connectivity index is 3.30. The Hall–Kier alpha value is -1.31. The molecule has 4 N–H and O–H groups in total. The van der Waals surface area contributed by atoms with Gasteiger partial charge < -0.3 is 16.2 Å². The van der Waals surface area contributed by atoms with Gasteiger partial charge in [0.25, 0.3) is 0 Å². The van der Waals surface area contributed by atoms with Crippen LogP contribution in [0, 0.1) is 0 Å². The summed E-state index contributed by atoms with van der Waals surface area (Å²) in [6.45, 7) is 3.87. The van der Waals surface area contributed by atoms with Crippen LogP contribution < -0.4 is 11.1 Å². The predicted octanol–water partition coefficient (Wildman–Crippen LogP) is 1.48. The second-order valence-electron chi connectivity index (χ2n) is 5.28. The van der Waals surface area contributed by atoms with Crippen molar-refractivity contribution in [2.45, 2.75) is 37.1 Å². The van der Waals surface area contributed by atoms with E-state index >= 15 is 0 Å². The maximum Gasteiger partial charge on any atom is 0.244 e. The van der Waals surface area contributed by atoms with E-state index in [1.54, 1.807) is 12.1 Å². The van der Waals surface area contributed by atoms with E-state index in [0.717, 1.165) is 4.31 Å². The molecular formula is C14H25N3O3S. The predicted molar refractivity (Wildman–Crippen MR) is 85.7 cm³/mol. The van der Waals surface area contributed by atoms with Gasteiger partial charge >= 0.3 is 0 Å². The molecule has 0 amide bonds. The number of hydrogen-bond donors (Lipinski definition) is 3. The van der Waals surface area contributed by atoms with Crippen molar-refractivity contribution in [1.82, 2.24) is 4.31 Å². The highest BCUT2D eigenvalue weighted by Crippen LogP contribution is 2.31. The summed E-state index contributed by atoms with van der Waals surface area (Å²) in [7, 11) is -0.673. The summed E-state index contributed by atoms with van der Waals surface area (Å²) in [4.78, 5) is 0.0662. The molecule has 0 aliphatic rings. The molecule has 0 aliphatic heterocycles. The minimum absolute atomic E-state index is 0.0515. The van der Waals surface area contributed by atoms with Gasteiger partial charge in [0.1, 0.15) is 4.90 Å². The highest BCUT2D eigenvalue weighted by atomic mass is 32.2. The minimum atomic E-state index is -3.60. The lowest BCUT2D eigenvalue weighted by molar-refractivity contribution is 0.202. The fourth-order valence-electron chi connectivity index (χ4n) is 2.05. The lowest BCUT2D eigenvalue weighted by atomic mass is 9.93. The summed E-state index contributed by atoms with van der Waals surface area (Å²) < 4.78 is 25.6. The highest BCUT2D eigenvalue weighted by molar-refractivity contribution is 7.89. The van der Waals surface area contributed by atoms with Crippen LogP contribution in [-0.2, 0) is 10.0 Å². The molecule has 0 aromatic heterocycles. The Bertz CT molecular complexity index is 573. The first-order chi connectivity index (χ1) is 9.74. The fourth-order valence-corrected chi connectivity index (χ4v) is 3.08. The van der Waals surface area contributed by atoms with E-state index < -0.39 is 15.6 Å². The summed E-state index contributed by atoms with van der Waals surface area (Å²) in [5.41, 5.74) is 6.22. The number of nitrogens with two attached hydrogens (primary N) is 1. The number of anilines is 2. The lowest BCUT2D eigenvalue weighted by Gasteiger charge is -2.32. The zero-order valence-electron chi connectivity index (χ0n) is 13.0. The number of aliphatic hydroxyl groups excluding tert-OH is 1. The van der Waals surface area contributed by atoms with E-state index in [1.165, 1.54) is 20.2 Å². The van der Waals surface area contributed by atoms with Crippen molar-refractivity contribution in [2.75, 3.05) is 31.8 Å². The number of benzene rings is 1. The van der Waals surface area contributed by atoms with Crippen molar-refractivity contribution in [1.29, 1.82) is 0 Å². The number of nitrogen functional groups attached to an aromatic ring is 1. The number of sulfonamides is 1. The zero-order chi connectivity index (χ0) is 16.3. The molecular weight excluding hydrogens is 290 g/mol. The van der Waals surface area contributed by atoms with Gasteiger partial charge in [-0.1, -0.05) is 19.9 Å². The van der Waals surface area contributed by atoms with Gasteiger partial charge in [-0.2, -0.15) is 0 Å². The van der Waals surface area contributed by atoms with Crippen LogP contribution in [0.2, 0.25) is 0 Å². The van der Waals surface area contributed by atoms with Crippen LogP contribution in [-0.4, -0.2) is 44.1 Å². The Morgan fingerprint density at radius 2 is 1.86 bits per heavy atom. The van der Waals surface area contributed by atoms with Crippen molar-refractivity contribution >= 4 is 21.4 Å². The van der Waals surface area contributed by atoms with Crippen LogP contribution in [0.3, 0.4) is 0 Å². The average molecular weight is 315 g/mol. The molecule has 6 nitrogen and oxygen atoms in total. The van der Waals surface area contributed by atoms with Crippen LogP contribution in [0.4, 0.5) is 11.4 Å². The molecule has 21 heavy (non-hydrogen) atoms. The van der Waals surface area contributed by atoms with Gasteiger partial charge in [0.05, 0.1) is 23.5 Å². The second-order valence-corrected chi connectivity index (χ2v) is 7.40. The normalized spacial score (nSPS) is 12.7. The second kappa shape index (κ2) is 6.64. The van der Waals surface area contributed by atoms with E-state index in [0.29, 0.717) is 18.5 Å². The van der Waals surface area contributed by atoms with Gasteiger partial charge in [-0.3, -0.25) is 0 Å². The van der Waals surface area contributed by atoms with Crippen molar-refractivity contribution in [3.05, 3.63) is 18.2 Å². The quantitative estimate of drug-likeness (QED) is 0.662. The van der Waals surface area contributed by atoms with Crippen LogP contribution in [0.5, 0.6) is 0 Å². The fraction of sp³-hybridized carbons (Fsp3) is 0.571. The maximum absolute atomic E-state index is 12.2. The zero-order valence-corrected chi connectivity index (χ0v) is 13.9. The van der Waals surface area contributed by atoms with Crippen LogP contribution >= 0.6 is 0 Å². The van der Waals surface area contributed by atoms with E-state index in [9.17, 15) is 13.5 Å². The molecule has 120 valence electrons. The van der Waals surface area contributed by atoms with Gasteiger partial charge in [0.15, 0.2) is 0 Å². The van der Waals surface area contributed by atoms with Crippen LogP contribution in [0.1, 0.15) is 26.7 Å². The number of nitrogens with zero attached hydrogens (tertiary/aromatic N) is 1. The van der Waals surface area contributed by atoms with Crippen LogP contribution in [0.15, 0.2) is 23.1 Å². The summed E-state index contributed by atoms with van der Waals surface area (Å²) in [6, 6.07) is 4.84. The molecule has 0 unspecified atom stereocenters. The monoisotopic (exact) mass is 315 g/mol. The van der Waals surface area contributed by atoms with Crippen LogP contribution in [0.25, 0.3) is 0 Å². The van der Waals surface area contributed by atoms with E-state index in [4.69, 9.17) is 5.73 Å². The number of nitrogens with one attached hydrogen (secondary N) is 1. The standard InChI is InChI=1S/C14H25N3O3S/c1-5-14(6-2,10-18)16-11-8-7-9-12(13(11)15)21(19,20)17(3)4/h7-9,16,18H,5-6,10,15H2,1-4H3. The molecule has 0 bridgehead atoms. The molecule has 0 spiro atoms. The van der Waals surface area contributed by atoms with Gasteiger partial charge in [0, 0.05) is 14.1 Å². The SMILES string of the molecule is CCC(CC)(CO)Nc1cccc(S(=O)(=O)N(C)C)c1N. The molecule has 0 saturated carbocycles. The largest absolute Gasteiger partial charge is 0.396 e. The number of para-hydroxylation sites is 1. The van der Waals surface area contributed by atoms with Crippen molar-refractivity contribution in [3.63, 3.8) is 0 Å². The number of hydrogen-bond acceptors (Lipinski definition) is 5. The molecule has 1 aromatic carbocycles. The van der Waals surface area contributed by atoms with Gasteiger partial charge in [-0.05, 0) is 25.0 Å². The summed E-state index contributed by atoms with van der Waals surface area (Å²) in [5.74, 6) is 0. The van der Waals surface area contributed by atoms with Gasteiger partial charge in [0.2, 0.25) is 10.0 Å². The smallest absolute Gasteiger partial charge is 0.244 e. The summed E-state index contributed by atoms with van der Waals surface area (Å²) in [5, 5.41) is 12.8. The van der Waals surface area contributed by atoms with E-state index in [2.05, 4.69) is 5.32 Å². The maximum atomic E-state index is 12.2. The molecule has 0 radical (unpaired) electrons. The number of aliphatic hydroxyl groups is 1. The topological polar surface area (TPSA) is 95.7 Å². The Kier molecular flexibility index (Phi) is 5.61. The van der Waals surface area contributed by atoms with E-state index in [-0.39, 0.29) is 17.2 Å².